The van der Waals surface area contributed by atoms with E-state index in [0.717, 1.165) is 26.2 Å². The fourth-order valence-electron chi connectivity index (χ4n) is 2.15. The molecule has 2 saturated heterocycles. The molecule has 0 N–H and O–H groups in total. The molecule has 2 fully saturated rings. The maximum Gasteiger partial charge on any atom is 0.182 e. The van der Waals surface area contributed by atoms with Gasteiger partial charge in [0.1, 0.15) is 0 Å². The SMILES string of the molecule is CC1CC2(CN1C)OCC(C)(C)CO2. The highest BCUT2D eigenvalue weighted by atomic mass is 16.7. The molecular formula is C11H21NO2. The van der Waals surface area contributed by atoms with Gasteiger partial charge in [-0.3, -0.25) is 4.90 Å². The summed E-state index contributed by atoms with van der Waals surface area (Å²) in [6.07, 6.45) is 1.000. The summed E-state index contributed by atoms with van der Waals surface area (Å²) >= 11 is 0. The molecule has 1 atom stereocenters. The summed E-state index contributed by atoms with van der Waals surface area (Å²) in [6.45, 7) is 9.12. The highest BCUT2D eigenvalue weighted by molar-refractivity contribution is 4.91. The van der Waals surface area contributed by atoms with E-state index in [1.807, 2.05) is 0 Å². The summed E-state index contributed by atoms with van der Waals surface area (Å²) in [6, 6.07) is 0.566. The molecule has 3 nitrogen and oxygen atoms in total. The third kappa shape index (κ3) is 1.81. The molecule has 0 bridgehead atoms. The summed E-state index contributed by atoms with van der Waals surface area (Å²) in [4.78, 5) is 2.30. The summed E-state index contributed by atoms with van der Waals surface area (Å²) < 4.78 is 11.8. The minimum atomic E-state index is -0.302. The average Bonchev–Trinajstić information content (AvgIpc) is 2.36. The molecule has 2 rings (SSSR count). The standard InChI is InChI=1S/C11H21NO2/c1-9-5-11(6-12(9)4)13-7-10(2,3)8-14-11/h9H,5-8H2,1-4H3. The fraction of sp³-hybridized carbons (Fsp3) is 1.00. The Morgan fingerprint density at radius 2 is 1.79 bits per heavy atom. The minimum Gasteiger partial charge on any atom is -0.348 e. The van der Waals surface area contributed by atoms with Gasteiger partial charge in [0.25, 0.3) is 0 Å². The van der Waals surface area contributed by atoms with Crippen LogP contribution in [0.15, 0.2) is 0 Å². The van der Waals surface area contributed by atoms with Crippen LogP contribution in [0.3, 0.4) is 0 Å². The van der Waals surface area contributed by atoms with E-state index < -0.39 is 0 Å². The molecule has 0 amide bonds. The minimum absolute atomic E-state index is 0.176. The molecule has 14 heavy (non-hydrogen) atoms. The van der Waals surface area contributed by atoms with Crippen molar-refractivity contribution in [1.29, 1.82) is 0 Å². The van der Waals surface area contributed by atoms with Crippen LogP contribution in [0.4, 0.5) is 0 Å². The molecule has 3 heteroatoms. The van der Waals surface area contributed by atoms with Gasteiger partial charge in [-0.1, -0.05) is 13.8 Å². The Bertz CT molecular complexity index is 205. The number of likely N-dealkylation sites (N-methyl/N-ethyl adjacent to an activating group) is 1. The fourth-order valence-corrected chi connectivity index (χ4v) is 2.15. The maximum atomic E-state index is 5.92. The van der Waals surface area contributed by atoms with Gasteiger partial charge in [-0.05, 0) is 14.0 Å². The Kier molecular flexibility index (Phi) is 2.37. The van der Waals surface area contributed by atoms with Crippen LogP contribution in [0, 0.1) is 5.41 Å². The van der Waals surface area contributed by atoms with E-state index in [2.05, 4.69) is 32.7 Å². The lowest BCUT2D eigenvalue weighted by Gasteiger charge is -2.41. The lowest BCUT2D eigenvalue weighted by atomic mass is 9.94. The first-order valence-corrected chi connectivity index (χ1v) is 5.41. The zero-order valence-electron chi connectivity index (χ0n) is 9.67. The molecule has 2 heterocycles. The summed E-state index contributed by atoms with van der Waals surface area (Å²) in [7, 11) is 2.13. The first kappa shape index (κ1) is 10.4. The lowest BCUT2D eigenvalue weighted by Crippen LogP contribution is -2.48. The smallest absolute Gasteiger partial charge is 0.182 e. The molecule has 0 saturated carbocycles. The molecule has 0 aromatic heterocycles. The van der Waals surface area contributed by atoms with Gasteiger partial charge in [0.15, 0.2) is 5.79 Å². The Labute approximate surface area is 86.4 Å². The van der Waals surface area contributed by atoms with Crippen molar-refractivity contribution in [3.8, 4) is 0 Å². The Balaban J connectivity index is 2.01. The lowest BCUT2D eigenvalue weighted by molar-refractivity contribution is -0.290. The van der Waals surface area contributed by atoms with Gasteiger partial charge < -0.3 is 9.47 Å². The van der Waals surface area contributed by atoms with Crippen molar-refractivity contribution in [3.63, 3.8) is 0 Å². The van der Waals surface area contributed by atoms with Crippen molar-refractivity contribution in [2.24, 2.45) is 5.41 Å². The predicted molar refractivity (Wildman–Crippen MR) is 55.1 cm³/mol. The largest absolute Gasteiger partial charge is 0.348 e. The van der Waals surface area contributed by atoms with Crippen molar-refractivity contribution in [1.82, 2.24) is 4.90 Å². The molecule has 2 aliphatic rings. The number of hydrogen-bond acceptors (Lipinski definition) is 3. The first-order valence-electron chi connectivity index (χ1n) is 5.41. The zero-order chi connectivity index (χ0) is 10.4. The summed E-state index contributed by atoms with van der Waals surface area (Å²) in [5.41, 5.74) is 0.176. The number of likely N-dealkylation sites (tertiary alicyclic amines) is 1. The number of rotatable bonds is 0. The van der Waals surface area contributed by atoms with Crippen LogP contribution in [0.25, 0.3) is 0 Å². The van der Waals surface area contributed by atoms with E-state index in [0.29, 0.717) is 6.04 Å². The Morgan fingerprint density at radius 3 is 2.21 bits per heavy atom. The molecule has 82 valence electrons. The van der Waals surface area contributed by atoms with E-state index >= 15 is 0 Å². The molecule has 0 aromatic carbocycles. The van der Waals surface area contributed by atoms with Crippen molar-refractivity contribution in [2.75, 3.05) is 26.8 Å². The van der Waals surface area contributed by atoms with E-state index in [1.54, 1.807) is 0 Å². The van der Waals surface area contributed by atoms with Crippen molar-refractivity contribution < 1.29 is 9.47 Å². The van der Waals surface area contributed by atoms with E-state index in [4.69, 9.17) is 9.47 Å². The van der Waals surface area contributed by atoms with Crippen LogP contribution in [0.5, 0.6) is 0 Å². The van der Waals surface area contributed by atoms with Crippen LogP contribution in [0.1, 0.15) is 27.2 Å². The van der Waals surface area contributed by atoms with Crippen LogP contribution >= 0.6 is 0 Å². The highest BCUT2D eigenvalue weighted by Crippen LogP contribution is 2.37. The Hall–Kier alpha value is -0.120. The monoisotopic (exact) mass is 199 g/mol. The third-order valence-electron chi connectivity index (χ3n) is 3.30. The van der Waals surface area contributed by atoms with Crippen LogP contribution < -0.4 is 0 Å². The predicted octanol–water partition coefficient (Wildman–Crippen LogP) is 1.48. The molecular weight excluding hydrogens is 178 g/mol. The van der Waals surface area contributed by atoms with Gasteiger partial charge in [0, 0.05) is 17.9 Å². The number of hydrogen-bond donors (Lipinski definition) is 0. The third-order valence-corrected chi connectivity index (χ3v) is 3.30. The molecule has 2 aliphatic heterocycles. The van der Waals surface area contributed by atoms with Crippen LogP contribution in [0.2, 0.25) is 0 Å². The van der Waals surface area contributed by atoms with E-state index in [1.165, 1.54) is 0 Å². The quantitative estimate of drug-likeness (QED) is 0.590. The molecule has 1 unspecified atom stereocenters. The first-order chi connectivity index (χ1) is 6.43. The van der Waals surface area contributed by atoms with Gasteiger partial charge in [-0.15, -0.1) is 0 Å². The Morgan fingerprint density at radius 1 is 1.21 bits per heavy atom. The van der Waals surface area contributed by atoms with Crippen molar-refractivity contribution in [3.05, 3.63) is 0 Å². The van der Waals surface area contributed by atoms with E-state index in [9.17, 15) is 0 Å². The maximum absolute atomic E-state index is 5.92. The molecule has 1 spiro atoms. The average molecular weight is 199 g/mol. The second-order valence-corrected chi connectivity index (χ2v) is 5.62. The van der Waals surface area contributed by atoms with Crippen LogP contribution in [-0.2, 0) is 9.47 Å². The van der Waals surface area contributed by atoms with Crippen LogP contribution in [-0.4, -0.2) is 43.5 Å². The second-order valence-electron chi connectivity index (χ2n) is 5.62. The zero-order valence-corrected chi connectivity index (χ0v) is 9.67. The number of nitrogens with zero attached hydrogens (tertiary/aromatic N) is 1. The van der Waals surface area contributed by atoms with Crippen molar-refractivity contribution >= 4 is 0 Å². The molecule has 0 aliphatic carbocycles. The van der Waals surface area contributed by atoms with Gasteiger partial charge in [-0.25, -0.2) is 0 Å². The summed E-state index contributed by atoms with van der Waals surface area (Å²) in [5.74, 6) is -0.302. The van der Waals surface area contributed by atoms with Gasteiger partial charge in [0.05, 0.1) is 19.8 Å². The van der Waals surface area contributed by atoms with Gasteiger partial charge in [-0.2, -0.15) is 0 Å². The normalized spacial score (nSPS) is 36.4. The highest BCUT2D eigenvalue weighted by Gasteiger charge is 2.47. The van der Waals surface area contributed by atoms with Gasteiger partial charge >= 0.3 is 0 Å². The van der Waals surface area contributed by atoms with Gasteiger partial charge in [0.2, 0.25) is 0 Å². The van der Waals surface area contributed by atoms with Crippen molar-refractivity contribution in [2.45, 2.75) is 39.0 Å². The molecule has 0 aromatic rings. The topological polar surface area (TPSA) is 21.7 Å². The second kappa shape index (κ2) is 3.19. The summed E-state index contributed by atoms with van der Waals surface area (Å²) in [5, 5.41) is 0. The molecule has 0 radical (unpaired) electrons. The number of ether oxygens (including phenoxy) is 2. The van der Waals surface area contributed by atoms with E-state index in [-0.39, 0.29) is 11.2 Å².